The number of aromatic nitrogens is 2. The minimum atomic E-state index is -0.475. The van der Waals surface area contributed by atoms with Gasteiger partial charge in [0.15, 0.2) is 0 Å². The Kier molecular flexibility index (Phi) is 11.9. The Morgan fingerprint density at radius 1 is 0.675 bits per heavy atom. The predicted octanol–water partition coefficient (Wildman–Crippen LogP) is 7.75. The van der Waals surface area contributed by atoms with Crippen LogP contribution in [0.5, 0.6) is 0 Å². The van der Waals surface area contributed by atoms with Crippen molar-refractivity contribution >= 4 is 27.6 Å². The van der Waals surface area contributed by atoms with Crippen LogP contribution in [0.2, 0.25) is 0 Å². The number of carbonyl (C=O) groups is 1. The molecule has 0 aliphatic carbocycles. The third-order valence-corrected chi connectivity index (χ3v) is 5.75. The molecule has 0 saturated carbocycles. The van der Waals surface area contributed by atoms with E-state index in [2.05, 4.69) is 46.4 Å². The molecule has 40 heavy (non-hydrogen) atoms. The van der Waals surface area contributed by atoms with E-state index in [-0.39, 0.29) is 32.3 Å². The van der Waals surface area contributed by atoms with Crippen molar-refractivity contribution < 1.29 is 30.0 Å². The number of hydrogen-bond acceptors (Lipinski definition) is 4. The van der Waals surface area contributed by atoms with Gasteiger partial charge in [-0.25, -0.2) is 0 Å². The van der Waals surface area contributed by atoms with Crippen LogP contribution in [0.3, 0.4) is 0 Å². The smallest absolute Gasteiger partial charge is 0.132 e. The first kappa shape index (κ1) is 30.5. The van der Waals surface area contributed by atoms with E-state index in [1.54, 1.807) is 6.92 Å². The molecule has 5 heteroatoms. The summed E-state index contributed by atoms with van der Waals surface area (Å²) in [6, 6.07) is 46.7. The summed E-state index contributed by atoms with van der Waals surface area (Å²) < 4.78 is 0. The summed E-state index contributed by atoms with van der Waals surface area (Å²) in [5, 5.41) is 10.8. The van der Waals surface area contributed by atoms with E-state index in [9.17, 15) is 4.79 Å². The number of rotatable bonds is 4. The Bertz CT molecular complexity index is 1520. The Hall–Kier alpha value is -4.02. The van der Waals surface area contributed by atoms with Crippen LogP contribution in [0.4, 0.5) is 0 Å². The molecule has 6 aromatic rings. The monoisotopic (exact) mass is 703 g/mol. The van der Waals surface area contributed by atoms with E-state index in [1.807, 2.05) is 97.1 Å². The van der Waals surface area contributed by atoms with Crippen LogP contribution in [0, 0.1) is 12.1 Å². The Labute approximate surface area is 249 Å². The fourth-order valence-corrected chi connectivity index (χ4v) is 3.95. The van der Waals surface area contributed by atoms with E-state index in [0.29, 0.717) is 0 Å². The molecule has 0 aliphatic heterocycles. The van der Waals surface area contributed by atoms with Crippen LogP contribution in [0.15, 0.2) is 121 Å². The van der Waals surface area contributed by atoms with Gasteiger partial charge in [0, 0.05) is 26.5 Å². The van der Waals surface area contributed by atoms with Crippen molar-refractivity contribution in [3.8, 4) is 22.5 Å². The second-order valence-corrected chi connectivity index (χ2v) is 9.09. The summed E-state index contributed by atoms with van der Waals surface area (Å²) in [6.07, 6.45) is -0.197. The molecule has 0 spiro atoms. The first-order valence-corrected chi connectivity index (χ1v) is 12.8. The molecule has 0 saturated heterocycles. The predicted molar refractivity (Wildman–Crippen MR) is 159 cm³/mol. The topological polar surface area (TPSA) is 63.1 Å². The normalized spacial score (nSPS) is 10.8. The number of Topliss-reactive ketones (excluding diaryl/α,β-unsaturated/α-hetero) is 1. The molecular weight excluding hydrogens is 673 g/mol. The molecule has 1 N–H and O–H groups in total. The summed E-state index contributed by atoms with van der Waals surface area (Å²) in [4.78, 5) is 19.3. The number of para-hydroxylation sites is 2. The van der Waals surface area contributed by atoms with E-state index in [1.165, 1.54) is 17.7 Å². The van der Waals surface area contributed by atoms with Gasteiger partial charge in [-0.2, -0.15) is 0 Å². The maximum absolute atomic E-state index is 10.1. The zero-order chi connectivity index (χ0) is 27.5. The van der Waals surface area contributed by atoms with E-state index in [4.69, 9.17) is 5.11 Å². The molecule has 1 atom stereocenters. The Morgan fingerprint density at radius 2 is 1.10 bits per heavy atom. The summed E-state index contributed by atoms with van der Waals surface area (Å²) in [5.41, 5.74) is 6.06. The first-order valence-electron chi connectivity index (χ1n) is 12.8. The van der Waals surface area contributed by atoms with Gasteiger partial charge in [0.2, 0.25) is 0 Å². The number of benzene rings is 4. The maximum atomic E-state index is 10.1. The number of ketones is 1. The first-order chi connectivity index (χ1) is 19.0. The van der Waals surface area contributed by atoms with Gasteiger partial charge in [0.1, 0.15) is 5.78 Å². The second-order valence-electron chi connectivity index (χ2n) is 9.09. The standard InChI is InChI=1S/2C15H10N.C5H10O2.Ir/c2*1-2-6-12(7-3-1)15-11-10-13-8-4-5-9-14(13)16-15;1-4(6)3-5(2)7;/h2*1-6,8-11H;4,6H,3H2,1-2H3;/q2*-1;;. The van der Waals surface area contributed by atoms with Crippen LogP contribution in [0.25, 0.3) is 44.3 Å². The molecule has 1 radical (unpaired) electrons. The Morgan fingerprint density at radius 3 is 1.45 bits per heavy atom. The fourth-order valence-electron chi connectivity index (χ4n) is 3.95. The van der Waals surface area contributed by atoms with Gasteiger partial charge in [-0.05, 0) is 48.1 Å². The summed E-state index contributed by atoms with van der Waals surface area (Å²) >= 11 is 0. The number of nitrogens with zero attached hydrogens (tertiary/aromatic N) is 2. The van der Waals surface area contributed by atoms with E-state index in [0.717, 1.165) is 33.5 Å². The molecule has 203 valence electrons. The number of pyridine rings is 2. The zero-order valence-electron chi connectivity index (χ0n) is 22.4. The molecule has 2 heterocycles. The molecule has 0 amide bonds. The summed E-state index contributed by atoms with van der Waals surface area (Å²) in [5.74, 6) is 0.0370. The van der Waals surface area contributed by atoms with E-state index >= 15 is 0 Å². The van der Waals surface area contributed by atoms with Gasteiger partial charge in [-0.3, -0.25) is 14.8 Å². The second kappa shape index (κ2) is 15.5. The van der Waals surface area contributed by atoms with Crippen molar-refractivity contribution in [1.29, 1.82) is 0 Å². The third-order valence-electron chi connectivity index (χ3n) is 5.75. The van der Waals surface area contributed by atoms with Crippen LogP contribution in [-0.2, 0) is 24.9 Å². The van der Waals surface area contributed by atoms with Crippen LogP contribution in [0.1, 0.15) is 20.3 Å². The number of aliphatic hydroxyl groups is 1. The summed E-state index contributed by atoms with van der Waals surface area (Å²) in [7, 11) is 0. The van der Waals surface area contributed by atoms with Gasteiger partial charge in [0.25, 0.3) is 0 Å². The average molecular weight is 703 g/mol. The SMILES string of the molecule is CC(=O)CC(C)O.[Ir].[c-]1ccccc1-c1ccc2ccccc2n1.[c-]1ccccc1-c1ccc2ccccc2n1. The average Bonchev–Trinajstić information content (AvgIpc) is 2.97. The number of hydrogen-bond donors (Lipinski definition) is 1. The molecule has 0 bridgehead atoms. The van der Waals surface area contributed by atoms with Crippen molar-refractivity contribution in [3.05, 3.63) is 133 Å². The number of carbonyl (C=O) groups excluding carboxylic acids is 1. The molecule has 4 nitrogen and oxygen atoms in total. The van der Waals surface area contributed by atoms with Crippen molar-refractivity contribution in [2.24, 2.45) is 0 Å². The maximum Gasteiger partial charge on any atom is 0.132 e. The third kappa shape index (κ3) is 9.03. The zero-order valence-corrected chi connectivity index (χ0v) is 24.8. The summed E-state index contributed by atoms with van der Waals surface area (Å²) in [6.45, 7) is 3.06. The van der Waals surface area contributed by atoms with Crippen LogP contribution >= 0.6 is 0 Å². The minimum Gasteiger partial charge on any atom is -0.393 e. The molecule has 1 unspecified atom stereocenters. The van der Waals surface area contributed by atoms with Gasteiger partial charge >= 0.3 is 0 Å². The van der Waals surface area contributed by atoms with Gasteiger partial charge in [-0.15, -0.1) is 71.8 Å². The molecule has 0 aliphatic rings. The quantitative estimate of drug-likeness (QED) is 0.191. The largest absolute Gasteiger partial charge is 0.393 e. The molecule has 2 aromatic heterocycles. The van der Waals surface area contributed by atoms with Crippen molar-refractivity contribution in [1.82, 2.24) is 9.97 Å². The van der Waals surface area contributed by atoms with E-state index < -0.39 is 6.10 Å². The number of aliphatic hydroxyl groups excluding tert-OH is 1. The van der Waals surface area contributed by atoms with Crippen molar-refractivity contribution in [2.45, 2.75) is 26.4 Å². The van der Waals surface area contributed by atoms with Gasteiger partial charge in [-0.1, -0.05) is 60.7 Å². The molecule has 4 aromatic carbocycles. The van der Waals surface area contributed by atoms with Crippen LogP contribution < -0.4 is 0 Å². The fraction of sp³-hybridized carbons (Fsp3) is 0.114. The van der Waals surface area contributed by atoms with Gasteiger partial charge in [0.05, 0.1) is 17.1 Å². The number of fused-ring (bicyclic) bond motifs is 2. The van der Waals surface area contributed by atoms with Crippen molar-refractivity contribution in [3.63, 3.8) is 0 Å². The Balaban J connectivity index is 0.000000177. The van der Waals surface area contributed by atoms with Crippen LogP contribution in [-0.4, -0.2) is 27.0 Å². The molecule has 0 fully saturated rings. The molecular formula is C35H30IrN2O2-2. The van der Waals surface area contributed by atoms with Gasteiger partial charge < -0.3 is 5.11 Å². The van der Waals surface area contributed by atoms with Crippen molar-refractivity contribution in [2.75, 3.05) is 0 Å². The minimum absolute atomic E-state index is 0. The molecule has 6 rings (SSSR count).